The van der Waals surface area contributed by atoms with Crippen LogP contribution < -0.4 is 9.64 Å². The SMILES string of the molecule is C=CCCCOC(=O)[C@H]1[C@@H]2OC3(CC2Br)C(C(=O)N(CC=C)c2ccc(OC)cc2)N(CCCCCO)C(=O)[C@H]13. The maximum atomic E-state index is 14.5. The second-order valence-electron chi connectivity index (χ2n) is 10.5. The van der Waals surface area contributed by atoms with Gasteiger partial charge in [0, 0.05) is 30.2 Å². The fourth-order valence-corrected chi connectivity index (χ4v) is 7.29. The van der Waals surface area contributed by atoms with Crippen molar-refractivity contribution in [2.24, 2.45) is 11.8 Å². The minimum atomic E-state index is -1.17. The average molecular weight is 620 g/mol. The smallest absolute Gasteiger partial charge is 0.312 e. The number of alkyl halides is 1. The first-order valence-corrected chi connectivity index (χ1v) is 14.8. The predicted molar refractivity (Wildman–Crippen MR) is 154 cm³/mol. The minimum absolute atomic E-state index is 0.0588. The Morgan fingerprint density at radius 1 is 1.20 bits per heavy atom. The number of aliphatic hydroxyl groups excluding tert-OH is 1. The largest absolute Gasteiger partial charge is 0.497 e. The quantitative estimate of drug-likeness (QED) is 0.138. The number of rotatable bonds is 15. The molecule has 0 aliphatic carbocycles. The molecule has 6 atom stereocenters. The standard InChI is InChI=1S/C30H39BrN2O7/c1-4-6-10-18-39-29(37)23-24-27(35)33(16-8-7-9-17-34)26(30(24)19-22(31)25(23)40-30)28(36)32(15-5-2)20-11-13-21(38-3)14-12-20/h4-5,11-14,22-26,34H,1-2,6-10,15-19H2,3H3/t22?,23-,24+,25-,26?,30?/m1/s1. The van der Waals surface area contributed by atoms with Crippen LogP contribution in [0.3, 0.4) is 0 Å². The fourth-order valence-electron chi connectivity index (χ4n) is 6.35. The highest BCUT2D eigenvalue weighted by Gasteiger charge is 2.77. The first kappa shape index (κ1) is 30.3. The molecule has 3 heterocycles. The summed E-state index contributed by atoms with van der Waals surface area (Å²) in [5.41, 5.74) is -0.528. The van der Waals surface area contributed by atoms with Crippen molar-refractivity contribution in [3.05, 3.63) is 49.6 Å². The molecule has 10 heteroatoms. The maximum absolute atomic E-state index is 14.5. The molecule has 3 aliphatic heterocycles. The molecule has 2 bridgehead atoms. The van der Waals surface area contributed by atoms with Crippen LogP contribution in [0.1, 0.15) is 38.5 Å². The van der Waals surface area contributed by atoms with Crippen molar-refractivity contribution in [3.8, 4) is 5.75 Å². The first-order chi connectivity index (χ1) is 19.3. The molecule has 3 saturated heterocycles. The van der Waals surface area contributed by atoms with Crippen molar-refractivity contribution < 1.29 is 33.7 Å². The number of aliphatic hydroxyl groups is 1. The molecule has 0 aromatic heterocycles. The van der Waals surface area contributed by atoms with Crippen LogP contribution in [0.15, 0.2) is 49.6 Å². The summed E-state index contributed by atoms with van der Waals surface area (Å²) in [5.74, 6) is -1.98. The number of hydrogen-bond acceptors (Lipinski definition) is 7. The molecule has 2 amide bonds. The van der Waals surface area contributed by atoms with E-state index in [0.29, 0.717) is 56.5 Å². The third-order valence-corrected chi connectivity index (χ3v) is 8.96. The third-order valence-electron chi connectivity index (χ3n) is 8.11. The Labute approximate surface area is 244 Å². The lowest BCUT2D eigenvalue weighted by molar-refractivity contribution is -0.155. The Morgan fingerprint density at radius 3 is 2.60 bits per heavy atom. The van der Waals surface area contributed by atoms with Crippen LogP contribution in [0, 0.1) is 11.8 Å². The summed E-state index contributed by atoms with van der Waals surface area (Å²) in [5, 5.41) is 9.25. The zero-order valence-corrected chi connectivity index (χ0v) is 24.6. The molecule has 0 saturated carbocycles. The van der Waals surface area contributed by atoms with Crippen LogP contribution in [0.5, 0.6) is 5.75 Å². The molecule has 3 fully saturated rings. The maximum Gasteiger partial charge on any atom is 0.312 e. The molecule has 4 rings (SSSR count). The molecule has 1 aromatic carbocycles. The highest BCUT2D eigenvalue weighted by atomic mass is 79.9. The topological polar surface area (TPSA) is 106 Å². The van der Waals surface area contributed by atoms with E-state index in [2.05, 4.69) is 29.1 Å². The van der Waals surface area contributed by atoms with Crippen LogP contribution >= 0.6 is 15.9 Å². The van der Waals surface area contributed by atoms with Gasteiger partial charge >= 0.3 is 5.97 Å². The van der Waals surface area contributed by atoms with Crippen molar-refractivity contribution in [2.45, 2.75) is 61.1 Å². The number of esters is 1. The molecular weight excluding hydrogens is 580 g/mol. The lowest BCUT2D eigenvalue weighted by Crippen LogP contribution is -2.57. The number of halogens is 1. The van der Waals surface area contributed by atoms with E-state index >= 15 is 0 Å². The molecule has 218 valence electrons. The number of carbonyl (C=O) groups excluding carboxylic acids is 3. The number of hydrogen-bond donors (Lipinski definition) is 1. The van der Waals surface area contributed by atoms with E-state index in [0.717, 1.165) is 0 Å². The summed E-state index contributed by atoms with van der Waals surface area (Å²) in [7, 11) is 1.57. The summed E-state index contributed by atoms with van der Waals surface area (Å²) in [4.78, 5) is 44.9. The van der Waals surface area contributed by atoms with E-state index < -0.39 is 35.6 Å². The Balaban J connectivity index is 1.69. The molecule has 1 N–H and O–H groups in total. The third kappa shape index (κ3) is 5.58. The number of methoxy groups -OCH3 is 1. The second-order valence-corrected chi connectivity index (χ2v) is 11.7. The van der Waals surface area contributed by atoms with Crippen molar-refractivity contribution >= 4 is 39.4 Å². The molecule has 1 spiro atoms. The van der Waals surface area contributed by atoms with Gasteiger partial charge in [0.2, 0.25) is 5.91 Å². The number of anilines is 1. The monoisotopic (exact) mass is 618 g/mol. The van der Waals surface area contributed by atoms with Crippen LogP contribution in [0.4, 0.5) is 5.69 Å². The van der Waals surface area contributed by atoms with Gasteiger partial charge in [-0.05, 0) is 62.8 Å². The van der Waals surface area contributed by atoms with Gasteiger partial charge in [0.15, 0.2) is 0 Å². The van der Waals surface area contributed by atoms with Gasteiger partial charge in [0.05, 0.1) is 31.7 Å². The Morgan fingerprint density at radius 2 is 1.95 bits per heavy atom. The Hall–Kier alpha value is -2.69. The lowest BCUT2D eigenvalue weighted by atomic mass is 9.70. The van der Waals surface area contributed by atoms with E-state index in [1.807, 2.05) is 0 Å². The highest BCUT2D eigenvalue weighted by molar-refractivity contribution is 9.09. The zero-order valence-electron chi connectivity index (χ0n) is 23.0. The Kier molecular flexibility index (Phi) is 10.1. The number of amides is 2. The summed E-state index contributed by atoms with van der Waals surface area (Å²) in [6.07, 6.45) is 6.53. The number of allylic oxidation sites excluding steroid dienone is 1. The van der Waals surface area contributed by atoms with Gasteiger partial charge in [-0.1, -0.05) is 28.1 Å². The molecule has 3 aliphatic rings. The molecule has 1 aromatic rings. The average Bonchev–Trinajstić information content (AvgIpc) is 3.55. The van der Waals surface area contributed by atoms with E-state index in [4.69, 9.17) is 14.2 Å². The van der Waals surface area contributed by atoms with Gasteiger partial charge in [-0.25, -0.2) is 0 Å². The number of likely N-dealkylation sites (tertiary alicyclic amines) is 1. The van der Waals surface area contributed by atoms with Crippen molar-refractivity contribution in [3.63, 3.8) is 0 Å². The fraction of sp³-hybridized carbons (Fsp3) is 0.567. The van der Waals surface area contributed by atoms with Gasteiger partial charge in [-0.15, -0.1) is 13.2 Å². The van der Waals surface area contributed by atoms with Gasteiger partial charge in [-0.3, -0.25) is 14.4 Å². The molecule has 3 unspecified atom stereocenters. The van der Waals surface area contributed by atoms with Crippen molar-refractivity contribution in [2.75, 3.05) is 38.3 Å². The number of nitrogens with zero attached hydrogens (tertiary/aromatic N) is 2. The van der Waals surface area contributed by atoms with Crippen LogP contribution in [-0.4, -0.2) is 83.8 Å². The molecule has 0 radical (unpaired) electrons. The normalized spacial score (nSPS) is 28.3. The number of ether oxygens (including phenoxy) is 3. The molecule has 40 heavy (non-hydrogen) atoms. The van der Waals surface area contributed by atoms with Crippen LogP contribution in [-0.2, 0) is 23.9 Å². The van der Waals surface area contributed by atoms with Gasteiger partial charge in [-0.2, -0.15) is 0 Å². The summed E-state index contributed by atoms with van der Waals surface area (Å²) < 4.78 is 17.4. The lowest BCUT2D eigenvalue weighted by Gasteiger charge is -2.37. The number of unbranched alkanes of at least 4 members (excludes halogenated alkanes) is 3. The Bertz CT molecular complexity index is 1100. The molecule has 9 nitrogen and oxygen atoms in total. The van der Waals surface area contributed by atoms with Crippen LogP contribution in [0.2, 0.25) is 0 Å². The van der Waals surface area contributed by atoms with E-state index in [1.165, 1.54) is 0 Å². The minimum Gasteiger partial charge on any atom is -0.497 e. The van der Waals surface area contributed by atoms with E-state index in [-0.39, 0.29) is 36.4 Å². The van der Waals surface area contributed by atoms with Gasteiger partial charge in [0.25, 0.3) is 5.91 Å². The van der Waals surface area contributed by atoms with E-state index in [1.54, 1.807) is 53.3 Å². The number of carbonyl (C=O) groups is 3. The molecular formula is C30H39BrN2O7. The number of benzene rings is 1. The highest BCUT2D eigenvalue weighted by Crippen LogP contribution is 2.60. The summed E-state index contributed by atoms with van der Waals surface area (Å²) >= 11 is 3.69. The summed E-state index contributed by atoms with van der Waals surface area (Å²) in [6.45, 7) is 8.38. The predicted octanol–water partition coefficient (Wildman–Crippen LogP) is 3.63. The zero-order chi connectivity index (χ0) is 28.9. The second kappa shape index (κ2) is 13.3. The van der Waals surface area contributed by atoms with Crippen molar-refractivity contribution in [1.82, 2.24) is 4.90 Å². The van der Waals surface area contributed by atoms with E-state index in [9.17, 15) is 19.5 Å². The first-order valence-electron chi connectivity index (χ1n) is 13.9. The van der Waals surface area contributed by atoms with Crippen LogP contribution in [0.25, 0.3) is 0 Å². The van der Waals surface area contributed by atoms with Gasteiger partial charge in [0.1, 0.15) is 17.4 Å². The number of fused-ring (bicyclic) bond motifs is 1. The summed E-state index contributed by atoms with van der Waals surface area (Å²) in [6, 6.07) is 6.21. The van der Waals surface area contributed by atoms with Crippen molar-refractivity contribution in [1.29, 1.82) is 0 Å². The van der Waals surface area contributed by atoms with Gasteiger partial charge < -0.3 is 29.1 Å².